The van der Waals surface area contributed by atoms with Crippen molar-refractivity contribution in [1.82, 2.24) is 4.90 Å². The summed E-state index contributed by atoms with van der Waals surface area (Å²) in [5, 5.41) is 9.04. The Hall–Kier alpha value is -1.84. The second kappa shape index (κ2) is 8.14. The third-order valence-electron chi connectivity index (χ3n) is 4.43. The molecule has 1 aromatic rings. The summed E-state index contributed by atoms with van der Waals surface area (Å²) >= 11 is 0. The minimum absolute atomic E-state index is 0.115. The summed E-state index contributed by atoms with van der Waals surface area (Å²) in [7, 11) is 0. The molecule has 0 saturated heterocycles. The van der Waals surface area contributed by atoms with Crippen LogP contribution in [0.5, 0.6) is 0 Å². The third kappa shape index (κ3) is 5.70. The van der Waals surface area contributed by atoms with Crippen molar-refractivity contribution < 1.29 is 14.7 Å². The highest BCUT2D eigenvalue weighted by Gasteiger charge is 2.33. The van der Waals surface area contributed by atoms with Crippen LogP contribution in [0.3, 0.4) is 0 Å². The lowest BCUT2D eigenvalue weighted by molar-refractivity contribution is -0.143. The molecule has 4 nitrogen and oxygen atoms in total. The van der Waals surface area contributed by atoms with Crippen LogP contribution in [0.25, 0.3) is 0 Å². The summed E-state index contributed by atoms with van der Waals surface area (Å²) in [4.78, 5) is 25.2. The van der Waals surface area contributed by atoms with Gasteiger partial charge in [0.15, 0.2) is 0 Å². The van der Waals surface area contributed by atoms with Crippen LogP contribution in [0.2, 0.25) is 0 Å². The minimum atomic E-state index is -0.831. The number of benzene rings is 1. The molecule has 23 heavy (non-hydrogen) atoms. The molecule has 0 aromatic heterocycles. The topological polar surface area (TPSA) is 57.6 Å². The molecule has 0 heterocycles. The number of carboxylic acid groups (broad SMARTS) is 1. The molecule has 1 unspecified atom stereocenters. The molecule has 1 aliphatic carbocycles. The second-order valence-electron chi connectivity index (χ2n) is 6.71. The van der Waals surface area contributed by atoms with Crippen LogP contribution in [-0.2, 0) is 16.0 Å². The van der Waals surface area contributed by atoms with Gasteiger partial charge in [-0.25, -0.2) is 0 Å². The molecule has 126 valence electrons. The SMILES string of the molecule is Cc1ccc(CCCCC(=O)N(CC(C)C(=O)O)C2CC2)cc1. The Bertz CT molecular complexity index is 534. The van der Waals surface area contributed by atoms with Gasteiger partial charge in [-0.05, 0) is 44.6 Å². The maximum Gasteiger partial charge on any atom is 0.308 e. The fourth-order valence-corrected chi connectivity index (χ4v) is 2.72. The van der Waals surface area contributed by atoms with E-state index >= 15 is 0 Å². The molecule has 1 atom stereocenters. The van der Waals surface area contributed by atoms with E-state index in [9.17, 15) is 9.59 Å². The Kier molecular flexibility index (Phi) is 6.20. The van der Waals surface area contributed by atoms with Crippen molar-refractivity contribution in [1.29, 1.82) is 0 Å². The molecule has 1 aliphatic rings. The first-order chi connectivity index (χ1) is 11.0. The maximum atomic E-state index is 12.4. The van der Waals surface area contributed by atoms with E-state index in [0.717, 1.165) is 32.1 Å². The Morgan fingerprint density at radius 3 is 2.43 bits per heavy atom. The first-order valence-corrected chi connectivity index (χ1v) is 8.55. The number of amides is 1. The first kappa shape index (κ1) is 17.5. The van der Waals surface area contributed by atoms with Crippen LogP contribution < -0.4 is 0 Å². The summed E-state index contributed by atoms with van der Waals surface area (Å²) < 4.78 is 0. The van der Waals surface area contributed by atoms with Crippen LogP contribution in [0, 0.1) is 12.8 Å². The molecule has 0 spiro atoms. The molecule has 1 fully saturated rings. The highest BCUT2D eigenvalue weighted by Crippen LogP contribution is 2.28. The lowest BCUT2D eigenvalue weighted by atomic mass is 10.0. The van der Waals surface area contributed by atoms with Gasteiger partial charge >= 0.3 is 5.97 Å². The van der Waals surface area contributed by atoms with Gasteiger partial charge in [0, 0.05) is 19.0 Å². The third-order valence-corrected chi connectivity index (χ3v) is 4.43. The van der Waals surface area contributed by atoms with Gasteiger partial charge in [-0.1, -0.05) is 36.8 Å². The van der Waals surface area contributed by atoms with Gasteiger partial charge in [-0.15, -0.1) is 0 Å². The number of hydrogen-bond donors (Lipinski definition) is 1. The number of aliphatic carboxylic acids is 1. The number of carboxylic acids is 1. The fourth-order valence-electron chi connectivity index (χ4n) is 2.72. The number of aryl methyl sites for hydroxylation is 2. The van der Waals surface area contributed by atoms with Crippen LogP contribution in [0.4, 0.5) is 0 Å². The molecular formula is C19H27NO3. The van der Waals surface area contributed by atoms with E-state index in [4.69, 9.17) is 5.11 Å². The van der Waals surface area contributed by atoms with Gasteiger partial charge in [0.1, 0.15) is 0 Å². The molecule has 1 aromatic carbocycles. The van der Waals surface area contributed by atoms with Crippen molar-refractivity contribution in [2.24, 2.45) is 5.92 Å². The monoisotopic (exact) mass is 317 g/mol. The average molecular weight is 317 g/mol. The summed E-state index contributed by atoms with van der Waals surface area (Å²) in [6.45, 7) is 4.09. The predicted octanol–water partition coefficient (Wildman–Crippen LogP) is 3.42. The van der Waals surface area contributed by atoms with E-state index in [2.05, 4.69) is 31.2 Å². The highest BCUT2D eigenvalue weighted by molar-refractivity contribution is 5.78. The van der Waals surface area contributed by atoms with Crippen molar-refractivity contribution in [2.75, 3.05) is 6.54 Å². The summed E-state index contributed by atoms with van der Waals surface area (Å²) in [6.07, 6.45) is 5.39. The van der Waals surface area contributed by atoms with Crippen LogP contribution >= 0.6 is 0 Å². The number of unbranched alkanes of at least 4 members (excludes halogenated alkanes) is 1. The van der Waals surface area contributed by atoms with E-state index in [1.165, 1.54) is 11.1 Å². The van der Waals surface area contributed by atoms with Crippen molar-refractivity contribution in [2.45, 2.75) is 58.4 Å². The lowest BCUT2D eigenvalue weighted by Gasteiger charge is -2.24. The van der Waals surface area contributed by atoms with E-state index in [-0.39, 0.29) is 11.9 Å². The number of rotatable bonds is 9. The number of carbonyl (C=O) groups excluding carboxylic acids is 1. The molecule has 0 radical (unpaired) electrons. The van der Waals surface area contributed by atoms with Crippen molar-refractivity contribution >= 4 is 11.9 Å². The quantitative estimate of drug-likeness (QED) is 0.710. The van der Waals surface area contributed by atoms with Crippen LogP contribution in [0.15, 0.2) is 24.3 Å². The average Bonchev–Trinajstić information content (AvgIpc) is 3.35. The lowest BCUT2D eigenvalue weighted by Crippen LogP contribution is -2.38. The Morgan fingerprint density at radius 1 is 1.22 bits per heavy atom. The summed E-state index contributed by atoms with van der Waals surface area (Å²) in [5.41, 5.74) is 2.57. The van der Waals surface area contributed by atoms with Gasteiger partial charge in [0.2, 0.25) is 5.91 Å². The first-order valence-electron chi connectivity index (χ1n) is 8.55. The molecule has 4 heteroatoms. The number of carbonyl (C=O) groups is 2. The van der Waals surface area contributed by atoms with Gasteiger partial charge < -0.3 is 10.0 Å². The molecule has 1 amide bonds. The van der Waals surface area contributed by atoms with Crippen molar-refractivity contribution in [3.63, 3.8) is 0 Å². The largest absolute Gasteiger partial charge is 0.481 e. The molecule has 0 aliphatic heterocycles. The Labute approximate surface area is 138 Å². The second-order valence-corrected chi connectivity index (χ2v) is 6.71. The van der Waals surface area contributed by atoms with Crippen LogP contribution in [0.1, 0.15) is 50.2 Å². The van der Waals surface area contributed by atoms with Crippen molar-refractivity contribution in [3.05, 3.63) is 35.4 Å². The zero-order valence-corrected chi connectivity index (χ0v) is 14.1. The van der Waals surface area contributed by atoms with Crippen molar-refractivity contribution in [3.8, 4) is 0 Å². The zero-order chi connectivity index (χ0) is 16.8. The van der Waals surface area contributed by atoms with E-state index in [0.29, 0.717) is 13.0 Å². The van der Waals surface area contributed by atoms with E-state index < -0.39 is 11.9 Å². The molecule has 1 saturated carbocycles. The zero-order valence-electron chi connectivity index (χ0n) is 14.1. The van der Waals surface area contributed by atoms with Gasteiger partial charge in [0.25, 0.3) is 0 Å². The highest BCUT2D eigenvalue weighted by atomic mass is 16.4. The van der Waals surface area contributed by atoms with E-state index in [1.54, 1.807) is 11.8 Å². The maximum absolute atomic E-state index is 12.4. The van der Waals surface area contributed by atoms with Gasteiger partial charge in [-0.2, -0.15) is 0 Å². The smallest absolute Gasteiger partial charge is 0.308 e. The standard InChI is InChI=1S/C19H27NO3/c1-14-7-9-16(10-8-14)5-3-4-6-18(21)20(17-11-12-17)13-15(2)19(22)23/h7-10,15,17H,3-6,11-13H2,1-2H3,(H,22,23). The van der Waals surface area contributed by atoms with Crippen LogP contribution in [-0.4, -0.2) is 34.5 Å². The van der Waals surface area contributed by atoms with Gasteiger partial charge in [0.05, 0.1) is 5.92 Å². The molecule has 2 rings (SSSR count). The molecule has 1 N–H and O–H groups in total. The minimum Gasteiger partial charge on any atom is -0.481 e. The Morgan fingerprint density at radius 2 is 1.87 bits per heavy atom. The molecular weight excluding hydrogens is 290 g/mol. The number of hydrogen-bond acceptors (Lipinski definition) is 2. The summed E-state index contributed by atoms with van der Waals surface area (Å²) in [6, 6.07) is 8.79. The summed E-state index contributed by atoms with van der Waals surface area (Å²) in [5.74, 6) is -1.21. The Balaban J connectivity index is 1.73. The fraction of sp³-hybridized carbons (Fsp3) is 0.579. The number of nitrogens with zero attached hydrogens (tertiary/aromatic N) is 1. The predicted molar refractivity (Wildman–Crippen MR) is 90.3 cm³/mol. The normalized spacial score (nSPS) is 15.2. The molecule has 0 bridgehead atoms. The van der Waals surface area contributed by atoms with E-state index in [1.807, 2.05) is 0 Å². The van der Waals surface area contributed by atoms with Gasteiger partial charge in [-0.3, -0.25) is 9.59 Å².